The molecule has 34 heavy (non-hydrogen) atoms. The molecule has 0 saturated carbocycles. The number of rotatable bonds is 7. The first-order chi connectivity index (χ1) is 16.2. The minimum atomic E-state index is -0.844. The number of aliphatic carboxylic acids is 1. The first-order valence-electron chi connectivity index (χ1n) is 11.9. The zero-order valence-corrected chi connectivity index (χ0v) is 24.3. The van der Waals surface area contributed by atoms with Gasteiger partial charge < -0.3 is 19.3 Å². The summed E-state index contributed by atoms with van der Waals surface area (Å²) in [4.78, 5) is 10.8. The minimum Gasteiger partial charge on any atom is -0.493 e. The second kappa shape index (κ2) is 15.9. The Bertz CT molecular complexity index is 912. The Morgan fingerprint density at radius 2 is 1.68 bits per heavy atom. The molecular formula is C27H40BrClO5. The quantitative estimate of drug-likeness (QED) is 0.368. The van der Waals surface area contributed by atoms with Gasteiger partial charge in [-0.3, -0.25) is 4.79 Å². The molecule has 5 nitrogen and oxygen atoms in total. The number of methoxy groups -OCH3 is 1. The lowest BCUT2D eigenvalue weighted by Gasteiger charge is -2.19. The van der Waals surface area contributed by atoms with E-state index in [1.54, 1.807) is 19.2 Å². The number of benzene rings is 2. The Morgan fingerprint density at radius 3 is 2.24 bits per heavy atom. The van der Waals surface area contributed by atoms with Crippen molar-refractivity contribution in [3.8, 4) is 17.2 Å². The van der Waals surface area contributed by atoms with Gasteiger partial charge in [-0.05, 0) is 55.7 Å². The smallest absolute Gasteiger partial charge is 0.303 e. The Hall–Kier alpha value is -1.92. The minimum absolute atomic E-state index is 0.0454. The molecule has 0 amide bonds. The number of fused-ring (bicyclic) bond motifs is 1. The number of carbonyl (C=O) groups is 1. The van der Waals surface area contributed by atoms with Crippen LogP contribution in [0.4, 0.5) is 0 Å². The Balaban J connectivity index is 0.00000168. The van der Waals surface area contributed by atoms with Crippen LogP contribution in [-0.2, 0) is 24.2 Å². The normalized spacial score (nSPS) is 12.3. The summed E-state index contributed by atoms with van der Waals surface area (Å²) in [6.07, 6.45) is 1.24. The van der Waals surface area contributed by atoms with Gasteiger partial charge in [-0.1, -0.05) is 69.1 Å². The van der Waals surface area contributed by atoms with Crippen LogP contribution in [0.5, 0.6) is 17.2 Å². The van der Waals surface area contributed by atoms with E-state index in [9.17, 15) is 4.79 Å². The number of hydrogen-bond acceptors (Lipinski definition) is 4. The van der Waals surface area contributed by atoms with Crippen LogP contribution in [-0.4, -0.2) is 23.8 Å². The van der Waals surface area contributed by atoms with E-state index in [1.165, 1.54) is 0 Å². The fraction of sp³-hybridized carbons (Fsp3) is 0.519. The second-order valence-corrected chi connectivity index (χ2v) is 8.66. The maximum atomic E-state index is 10.8. The molecule has 0 spiro atoms. The van der Waals surface area contributed by atoms with E-state index in [-0.39, 0.29) is 18.6 Å². The van der Waals surface area contributed by atoms with Crippen molar-refractivity contribution in [3.63, 3.8) is 0 Å². The van der Waals surface area contributed by atoms with Crippen molar-refractivity contribution < 1.29 is 24.1 Å². The molecule has 1 aliphatic rings. The third kappa shape index (κ3) is 9.38. The number of ether oxygens (including phenoxy) is 3. The number of carboxylic acids is 1. The lowest BCUT2D eigenvalue weighted by molar-refractivity contribution is -0.136. The summed E-state index contributed by atoms with van der Waals surface area (Å²) in [5.74, 6) is 1.08. The van der Waals surface area contributed by atoms with Crippen molar-refractivity contribution in [1.82, 2.24) is 0 Å². The van der Waals surface area contributed by atoms with Crippen molar-refractivity contribution in [1.29, 1.82) is 0 Å². The van der Waals surface area contributed by atoms with Crippen LogP contribution in [0.3, 0.4) is 0 Å². The van der Waals surface area contributed by atoms with Gasteiger partial charge in [0, 0.05) is 27.9 Å². The van der Waals surface area contributed by atoms with Crippen LogP contribution in [0.2, 0.25) is 5.02 Å². The molecule has 0 aromatic heterocycles. The fourth-order valence-corrected chi connectivity index (χ4v) is 4.07. The number of aryl methyl sites for hydroxylation is 1. The van der Waals surface area contributed by atoms with E-state index in [1.807, 2.05) is 67.5 Å². The van der Waals surface area contributed by atoms with Crippen LogP contribution in [0.1, 0.15) is 78.5 Å². The Labute approximate surface area is 218 Å². The van der Waals surface area contributed by atoms with E-state index < -0.39 is 5.97 Å². The van der Waals surface area contributed by atoms with Crippen LogP contribution >= 0.6 is 27.5 Å². The summed E-state index contributed by atoms with van der Waals surface area (Å²) < 4.78 is 18.3. The van der Waals surface area contributed by atoms with Crippen LogP contribution < -0.4 is 14.2 Å². The van der Waals surface area contributed by atoms with Crippen molar-refractivity contribution in [2.24, 2.45) is 0 Å². The van der Waals surface area contributed by atoms with E-state index in [0.717, 1.165) is 33.3 Å². The van der Waals surface area contributed by atoms with Gasteiger partial charge in [-0.2, -0.15) is 0 Å². The van der Waals surface area contributed by atoms with Gasteiger partial charge in [0.1, 0.15) is 18.0 Å². The molecule has 0 aliphatic carbocycles. The highest BCUT2D eigenvalue weighted by atomic mass is 79.9. The molecule has 2 aromatic rings. The lowest BCUT2D eigenvalue weighted by Crippen LogP contribution is -2.25. The van der Waals surface area contributed by atoms with Crippen molar-refractivity contribution in [2.45, 2.75) is 86.9 Å². The first kappa shape index (κ1) is 32.1. The highest BCUT2D eigenvalue weighted by Crippen LogP contribution is 2.41. The molecule has 7 heteroatoms. The molecule has 0 unspecified atom stereocenters. The topological polar surface area (TPSA) is 65.0 Å². The van der Waals surface area contributed by atoms with Gasteiger partial charge in [-0.25, -0.2) is 0 Å². The molecule has 192 valence electrons. The zero-order chi connectivity index (χ0) is 26.5. The molecule has 0 bridgehead atoms. The maximum Gasteiger partial charge on any atom is 0.303 e. The summed E-state index contributed by atoms with van der Waals surface area (Å²) in [6.45, 7) is 16.4. The maximum absolute atomic E-state index is 10.8. The molecule has 0 radical (unpaired) electrons. The van der Waals surface area contributed by atoms with Crippen molar-refractivity contribution in [2.75, 3.05) is 7.11 Å². The highest BCUT2D eigenvalue weighted by molar-refractivity contribution is 9.10. The second-order valence-electron chi connectivity index (χ2n) is 7.37. The molecule has 1 heterocycles. The molecule has 0 saturated heterocycles. The van der Waals surface area contributed by atoms with Crippen molar-refractivity contribution in [3.05, 3.63) is 50.5 Å². The van der Waals surface area contributed by atoms with Gasteiger partial charge >= 0.3 is 5.97 Å². The molecule has 3 rings (SSSR count). The first-order valence-corrected chi connectivity index (χ1v) is 13.1. The largest absolute Gasteiger partial charge is 0.493 e. The molecule has 0 atom stereocenters. The van der Waals surface area contributed by atoms with E-state index in [2.05, 4.69) is 15.9 Å². The van der Waals surface area contributed by atoms with Gasteiger partial charge in [-0.15, -0.1) is 0 Å². The third-order valence-electron chi connectivity index (χ3n) is 4.53. The fourth-order valence-electron chi connectivity index (χ4n) is 3.29. The predicted molar refractivity (Wildman–Crippen MR) is 145 cm³/mol. The molecule has 1 N–H and O–H groups in total. The number of halogens is 2. The Kier molecular flexibility index (Phi) is 15.0. The number of carboxylic acid groups (broad SMARTS) is 1. The van der Waals surface area contributed by atoms with Gasteiger partial charge in [0.05, 0.1) is 7.11 Å². The SMILES string of the molecule is CC.CC.CC.COc1cc(CCC(=O)O)c(Br)cc1OCc1cc(Cl)cc2c1OC(C)(C)C2. The monoisotopic (exact) mass is 558 g/mol. The summed E-state index contributed by atoms with van der Waals surface area (Å²) in [5.41, 5.74) is 2.53. The van der Waals surface area contributed by atoms with E-state index >= 15 is 0 Å². The predicted octanol–water partition coefficient (Wildman–Crippen LogP) is 8.50. The summed E-state index contributed by atoms with van der Waals surface area (Å²) in [5, 5.41) is 9.55. The summed E-state index contributed by atoms with van der Waals surface area (Å²) in [7, 11) is 1.56. The van der Waals surface area contributed by atoms with Crippen molar-refractivity contribution >= 4 is 33.5 Å². The van der Waals surface area contributed by atoms with Gasteiger partial charge in [0.2, 0.25) is 0 Å². The van der Waals surface area contributed by atoms with Gasteiger partial charge in [0.25, 0.3) is 0 Å². The molecule has 1 aliphatic heterocycles. The van der Waals surface area contributed by atoms with E-state index in [4.69, 9.17) is 30.9 Å². The van der Waals surface area contributed by atoms with Crippen LogP contribution in [0, 0.1) is 0 Å². The average molecular weight is 560 g/mol. The summed E-state index contributed by atoms with van der Waals surface area (Å²) in [6, 6.07) is 7.38. The zero-order valence-electron chi connectivity index (χ0n) is 22.0. The highest BCUT2D eigenvalue weighted by Gasteiger charge is 2.32. The average Bonchev–Trinajstić information content (AvgIpc) is 3.14. The van der Waals surface area contributed by atoms with E-state index in [0.29, 0.717) is 22.9 Å². The summed E-state index contributed by atoms with van der Waals surface area (Å²) >= 11 is 9.77. The lowest BCUT2D eigenvalue weighted by atomic mass is 10.0. The van der Waals surface area contributed by atoms with Crippen LogP contribution in [0.15, 0.2) is 28.7 Å². The molecular weight excluding hydrogens is 520 g/mol. The molecule has 2 aromatic carbocycles. The Morgan fingerprint density at radius 1 is 1.06 bits per heavy atom. The van der Waals surface area contributed by atoms with Crippen LogP contribution in [0.25, 0.3) is 0 Å². The standard InChI is InChI=1S/C21H22BrClO5.3C2H6/c1-21(2)10-13-6-15(23)7-14(20(13)28-21)11-27-18-9-16(22)12(4-5-19(24)25)8-17(18)26-3;3*1-2/h6-9H,4-5,10-11H2,1-3H3,(H,24,25);3*1-2H3. The molecule has 0 fully saturated rings. The third-order valence-corrected chi connectivity index (χ3v) is 5.48. The number of hydrogen-bond donors (Lipinski definition) is 1. The van der Waals surface area contributed by atoms with Gasteiger partial charge in [0.15, 0.2) is 11.5 Å².